The molecule has 13 heavy (non-hydrogen) atoms. The minimum Gasteiger partial charge on any atom is -0.278 e. The lowest BCUT2D eigenvalue weighted by Crippen LogP contribution is -1.74. The van der Waals surface area contributed by atoms with Gasteiger partial charge in [0.2, 0.25) is 0 Å². The van der Waals surface area contributed by atoms with Crippen LogP contribution in [0.4, 0.5) is 0 Å². The van der Waals surface area contributed by atoms with Gasteiger partial charge in [0, 0.05) is 5.39 Å². The average Bonchev–Trinajstić information content (AvgIpc) is 2.49. The molecular formula is C11H12N2. The van der Waals surface area contributed by atoms with Gasteiger partial charge in [0.05, 0.1) is 11.7 Å². The predicted octanol–water partition coefficient (Wildman–Crippen LogP) is 2.99. The molecule has 1 N–H and O–H groups in total. The summed E-state index contributed by atoms with van der Waals surface area (Å²) in [6, 6.07) is 6.29. The van der Waals surface area contributed by atoms with Gasteiger partial charge in [-0.25, -0.2) is 0 Å². The van der Waals surface area contributed by atoms with E-state index in [-0.39, 0.29) is 0 Å². The Morgan fingerprint density at radius 1 is 1.38 bits per heavy atom. The van der Waals surface area contributed by atoms with Crippen molar-refractivity contribution in [3.05, 3.63) is 35.5 Å². The van der Waals surface area contributed by atoms with Gasteiger partial charge in [0.15, 0.2) is 0 Å². The van der Waals surface area contributed by atoms with E-state index in [9.17, 15) is 0 Å². The summed E-state index contributed by atoms with van der Waals surface area (Å²) in [5.74, 6) is 0. The van der Waals surface area contributed by atoms with E-state index in [1.54, 1.807) is 0 Å². The van der Waals surface area contributed by atoms with Crippen LogP contribution in [-0.2, 0) is 0 Å². The second-order valence-electron chi connectivity index (χ2n) is 3.44. The van der Waals surface area contributed by atoms with Gasteiger partial charge in [-0.15, -0.1) is 0 Å². The number of aromatic amines is 1. The molecule has 2 heteroatoms. The average molecular weight is 172 g/mol. The minimum atomic E-state index is 1.09. The molecule has 1 heterocycles. The maximum Gasteiger partial charge on any atom is 0.0656 e. The maximum absolute atomic E-state index is 3.98. The summed E-state index contributed by atoms with van der Waals surface area (Å²) >= 11 is 0. The Morgan fingerprint density at radius 2 is 2.23 bits per heavy atom. The summed E-state index contributed by atoms with van der Waals surface area (Å²) in [4.78, 5) is 0. The minimum absolute atomic E-state index is 1.09. The van der Waals surface area contributed by atoms with E-state index in [1.807, 2.05) is 6.20 Å². The number of nitrogens with one attached hydrogen (secondary N) is 1. The summed E-state index contributed by atoms with van der Waals surface area (Å²) in [6.07, 6.45) is 3.99. The Balaban J connectivity index is 2.54. The SMILES string of the molecule is CC(C)=Cc1ccc2cn[nH]c2c1. The highest BCUT2D eigenvalue weighted by molar-refractivity contribution is 5.80. The lowest BCUT2D eigenvalue weighted by atomic mass is 10.1. The van der Waals surface area contributed by atoms with Crippen LogP contribution in [0.3, 0.4) is 0 Å². The molecule has 0 unspecified atom stereocenters. The van der Waals surface area contributed by atoms with E-state index in [0.29, 0.717) is 0 Å². The number of rotatable bonds is 1. The number of allylic oxidation sites excluding steroid dienone is 1. The van der Waals surface area contributed by atoms with Gasteiger partial charge >= 0.3 is 0 Å². The Bertz CT molecular complexity index is 448. The molecule has 0 aliphatic heterocycles. The highest BCUT2D eigenvalue weighted by Crippen LogP contribution is 2.14. The zero-order valence-electron chi connectivity index (χ0n) is 7.83. The summed E-state index contributed by atoms with van der Waals surface area (Å²) in [6.45, 7) is 4.19. The molecule has 0 amide bonds. The first-order valence-corrected chi connectivity index (χ1v) is 4.34. The number of benzene rings is 1. The second kappa shape index (κ2) is 3.05. The number of nitrogens with zero attached hydrogens (tertiary/aromatic N) is 1. The quantitative estimate of drug-likeness (QED) is 0.703. The lowest BCUT2D eigenvalue weighted by molar-refractivity contribution is 1.12. The van der Waals surface area contributed by atoms with Crippen LogP contribution in [0, 0.1) is 0 Å². The van der Waals surface area contributed by atoms with Crippen molar-refractivity contribution in [2.24, 2.45) is 0 Å². The van der Waals surface area contributed by atoms with Gasteiger partial charge in [0.25, 0.3) is 0 Å². The molecule has 0 fully saturated rings. The van der Waals surface area contributed by atoms with Crippen molar-refractivity contribution in [1.82, 2.24) is 10.2 Å². The number of H-pyrrole nitrogens is 1. The van der Waals surface area contributed by atoms with Crippen LogP contribution in [0.2, 0.25) is 0 Å². The van der Waals surface area contributed by atoms with Crippen LogP contribution < -0.4 is 0 Å². The van der Waals surface area contributed by atoms with Gasteiger partial charge in [-0.2, -0.15) is 5.10 Å². The third-order valence-electron chi connectivity index (χ3n) is 1.92. The lowest BCUT2D eigenvalue weighted by Gasteiger charge is -1.94. The molecule has 0 spiro atoms. The fraction of sp³-hybridized carbons (Fsp3) is 0.182. The Morgan fingerprint density at radius 3 is 3.00 bits per heavy atom. The van der Waals surface area contributed by atoms with Gasteiger partial charge in [-0.3, -0.25) is 5.10 Å². The zero-order chi connectivity index (χ0) is 9.26. The molecule has 0 aliphatic carbocycles. The van der Waals surface area contributed by atoms with Gasteiger partial charge in [0.1, 0.15) is 0 Å². The predicted molar refractivity (Wildman–Crippen MR) is 55.4 cm³/mol. The second-order valence-corrected chi connectivity index (χ2v) is 3.44. The van der Waals surface area contributed by atoms with Crippen molar-refractivity contribution in [2.45, 2.75) is 13.8 Å². The number of aromatic nitrogens is 2. The van der Waals surface area contributed by atoms with Gasteiger partial charge < -0.3 is 0 Å². The van der Waals surface area contributed by atoms with E-state index < -0.39 is 0 Å². The summed E-state index contributed by atoms with van der Waals surface area (Å²) in [5.41, 5.74) is 3.62. The normalized spacial score (nSPS) is 10.3. The van der Waals surface area contributed by atoms with Crippen molar-refractivity contribution < 1.29 is 0 Å². The first kappa shape index (κ1) is 8.05. The maximum atomic E-state index is 3.98. The van der Waals surface area contributed by atoms with Crippen LogP contribution in [0.15, 0.2) is 30.0 Å². The van der Waals surface area contributed by atoms with E-state index in [0.717, 1.165) is 10.9 Å². The summed E-state index contributed by atoms with van der Waals surface area (Å²) in [5, 5.41) is 8.09. The van der Waals surface area contributed by atoms with Crippen molar-refractivity contribution >= 4 is 17.0 Å². The van der Waals surface area contributed by atoms with E-state index >= 15 is 0 Å². The molecule has 0 aliphatic rings. The molecule has 66 valence electrons. The molecule has 0 saturated heterocycles. The molecule has 2 nitrogen and oxygen atoms in total. The fourth-order valence-electron chi connectivity index (χ4n) is 1.38. The molecule has 0 radical (unpaired) electrons. The summed E-state index contributed by atoms with van der Waals surface area (Å²) in [7, 11) is 0. The standard InChI is InChI=1S/C11H12N2/c1-8(2)5-9-3-4-10-7-12-13-11(10)6-9/h3-7H,1-2H3,(H,12,13). The molecule has 0 bridgehead atoms. The van der Waals surface area contributed by atoms with Gasteiger partial charge in [-0.05, 0) is 25.5 Å². The summed E-state index contributed by atoms with van der Waals surface area (Å²) < 4.78 is 0. The highest BCUT2D eigenvalue weighted by atomic mass is 15.1. The number of hydrogen-bond acceptors (Lipinski definition) is 1. The largest absolute Gasteiger partial charge is 0.278 e. The Hall–Kier alpha value is -1.57. The molecule has 0 saturated carbocycles. The zero-order valence-corrected chi connectivity index (χ0v) is 7.83. The molecule has 1 aromatic carbocycles. The van der Waals surface area contributed by atoms with Crippen molar-refractivity contribution in [3.8, 4) is 0 Å². The molecular weight excluding hydrogens is 160 g/mol. The smallest absolute Gasteiger partial charge is 0.0656 e. The molecule has 0 atom stereocenters. The van der Waals surface area contributed by atoms with E-state index in [4.69, 9.17) is 0 Å². The van der Waals surface area contributed by atoms with E-state index in [2.05, 4.69) is 48.3 Å². The van der Waals surface area contributed by atoms with Crippen molar-refractivity contribution in [2.75, 3.05) is 0 Å². The van der Waals surface area contributed by atoms with Crippen LogP contribution >= 0.6 is 0 Å². The Labute approximate surface area is 77.3 Å². The van der Waals surface area contributed by atoms with Crippen molar-refractivity contribution in [1.29, 1.82) is 0 Å². The van der Waals surface area contributed by atoms with E-state index in [1.165, 1.54) is 11.1 Å². The van der Waals surface area contributed by atoms with Crippen molar-refractivity contribution in [3.63, 3.8) is 0 Å². The highest BCUT2D eigenvalue weighted by Gasteiger charge is 1.94. The fourth-order valence-corrected chi connectivity index (χ4v) is 1.38. The van der Waals surface area contributed by atoms with Crippen LogP contribution in [-0.4, -0.2) is 10.2 Å². The first-order chi connectivity index (χ1) is 6.25. The van der Waals surface area contributed by atoms with Crippen LogP contribution in [0.5, 0.6) is 0 Å². The molecule has 1 aromatic heterocycles. The topological polar surface area (TPSA) is 28.7 Å². The number of hydrogen-bond donors (Lipinski definition) is 1. The number of fused-ring (bicyclic) bond motifs is 1. The molecule has 2 aromatic rings. The third-order valence-corrected chi connectivity index (χ3v) is 1.92. The van der Waals surface area contributed by atoms with Crippen LogP contribution in [0.1, 0.15) is 19.4 Å². The van der Waals surface area contributed by atoms with Crippen LogP contribution in [0.25, 0.3) is 17.0 Å². The Kier molecular flexibility index (Phi) is 1.89. The van der Waals surface area contributed by atoms with Gasteiger partial charge in [-0.1, -0.05) is 23.8 Å². The third kappa shape index (κ3) is 1.61. The first-order valence-electron chi connectivity index (χ1n) is 4.34. The molecule has 2 rings (SSSR count). The monoisotopic (exact) mass is 172 g/mol.